The summed E-state index contributed by atoms with van der Waals surface area (Å²) in [6.07, 6.45) is 2.30. The lowest BCUT2D eigenvalue weighted by atomic mass is 10.1. The molecule has 2 aromatic rings. The van der Waals surface area contributed by atoms with E-state index in [4.69, 9.17) is 17.3 Å². The number of hydrogen-bond donors (Lipinski definition) is 3. The monoisotopic (exact) mass is 442 g/mol. The molecular formula is C21H18N2O5S2. The fourth-order valence-corrected chi connectivity index (χ4v) is 4.11. The molecule has 9 heteroatoms. The van der Waals surface area contributed by atoms with E-state index in [-0.39, 0.29) is 35.2 Å². The summed E-state index contributed by atoms with van der Waals surface area (Å²) in [6.45, 7) is 0.306. The number of nitrogens with one attached hydrogen (secondary N) is 1. The molecule has 1 aliphatic rings. The third-order valence-corrected chi connectivity index (χ3v) is 5.64. The molecular weight excluding hydrogens is 424 g/mol. The molecule has 0 bridgehead atoms. The maximum Gasteiger partial charge on any atom is 0.339 e. The Morgan fingerprint density at radius 1 is 1.17 bits per heavy atom. The lowest BCUT2D eigenvalue weighted by Gasteiger charge is -2.14. The Labute approximate surface area is 182 Å². The van der Waals surface area contributed by atoms with E-state index in [1.54, 1.807) is 6.08 Å². The van der Waals surface area contributed by atoms with Crippen LogP contribution in [0.4, 0.5) is 5.69 Å². The first-order valence-electron chi connectivity index (χ1n) is 9.02. The highest BCUT2D eigenvalue weighted by molar-refractivity contribution is 8.26. The molecule has 1 heterocycles. The number of nitrogens with zero attached hydrogens (tertiary/aromatic N) is 1. The van der Waals surface area contributed by atoms with Crippen LogP contribution in [0, 0.1) is 0 Å². The van der Waals surface area contributed by atoms with Crippen molar-refractivity contribution in [2.45, 2.75) is 12.8 Å². The molecule has 0 aromatic heterocycles. The second-order valence-corrected chi connectivity index (χ2v) is 8.11. The fraction of sp³-hybridized carbons (Fsp3) is 0.143. The highest BCUT2D eigenvalue weighted by atomic mass is 32.2. The predicted octanol–water partition coefficient (Wildman–Crippen LogP) is 3.71. The zero-order chi connectivity index (χ0) is 21.7. The van der Waals surface area contributed by atoms with E-state index in [0.717, 1.165) is 5.56 Å². The fourth-order valence-electron chi connectivity index (χ4n) is 2.80. The smallest absolute Gasteiger partial charge is 0.339 e. The minimum absolute atomic E-state index is 0.123. The van der Waals surface area contributed by atoms with E-state index in [1.807, 2.05) is 30.3 Å². The van der Waals surface area contributed by atoms with E-state index in [0.29, 0.717) is 22.2 Å². The van der Waals surface area contributed by atoms with Crippen LogP contribution in [0.25, 0.3) is 6.08 Å². The number of carbonyl (C=O) groups excluding carboxylic acids is 2. The molecule has 0 aliphatic carbocycles. The Morgan fingerprint density at radius 3 is 2.60 bits per heavy atom. The first-order valence-corrected chi connectivity index (χ1v) is 10.2. The minimum Gasteiger partial charge on any atom is -0.507 e. The van der Waals surface area contributed by atoms with Gasteiger partial charge in [-0.05, 0) is 36.3 Å². The topological polar surface area (TPSA) is 107 Å². The summed E-state index contributed by atoms with van der Waals surface area (Å²) >= 11 is 6.53. The van der Waals surface area contributed by atoms with Crippen LogP contribution in [-0.4, -0.2) is 43.8 Å². The number of carboxylic acid groups (broad SMARTS) is 1. The molecule has 1 aliphatic heterocycles. The van der Waals surface area contributed by atoms with Gasteiger partial charge in [0.25, 0.3) is 5.91 Å². The van der Waals surface area contributed by atoms with Crippen molar-refractivity contribution in [2.24, 2.45) is 0 Å². The SMILES string of the molecule is O=C(CCCN1C(=O)/C(=C\c2ccccc2)SC1=S)Nc1ccc(O)c(C(=O)O)c1. The van der Waals surface area contributed by atoms with Gasteiger partial charge in [0, 0.05) is 18.7 Å². The first-order chi connectivity index (χ1) is 14.3. The van der Waals surface area contributed by atoms with Crippen molar-refractivity contribution in [1.29, 1.82) is 0 Å². The number of thiocarbonyl (C=S) groups is 1. The summed E-state index contributed by atoms with van der Waals surface area (Å²) in [7, 11) is 0. The van der Waals surface area contributed by atoms with Crippen molar-refractivity contribution in [3.63, 3.8) is 0 Å². The molecule has 1 saturated heterocycles. The van der Waals surface area contributed by atoms with Gasteiger partial charge in [-0.2, -0.15) is 0 Å². The van der Waals surface area contributed by atoms with E-state index in [1.165, 1.54) is 34.9 Å². The molecule has 7 nitrogen and oxygen atoms in total. The molecule has 30 heavy (non-hydrogen) atoms. The number of amides is 2. The Bertz CT molecular complexity index is 1040. The zero-order valence-electron chi connectivity index (χ0n) is 15.7. The van der Waals surface area contributed by atoms with Crippen LogP contribution in [0.3, 0.4) is 0 Å². The number of benzene rings is 2. The van der Waals surface area contributed by atoms with Gasteiger partial charge in [0.15, 0.2) is 0 Å². The van der Waals surface area contributed by atoms with Crippen molar-refractivity contribution in [2.75, 3.05) is 11.9 Å². The number of anilines is 1. The molecule has 0 saturated carbocycles. The van der Waals surface area contributed by atoms with Gasteiger partial charge < -0.3 is 15.5 Å². The maximum atomic E-state index is 12.6. The molecule has 154 valence electrons. The van der Waals surface area contributed by atoms with Crippen LogP contribution >= 0.6 is 24.0 Å². The van der Waals surface area contributed by atoms with Gasteiger partial charge >= 0.3 is 5.97 Å². The van der Waals surface area contributed by atoms with Gasteiger partial charge in [0.2, 0.25) is 5.91 Å². The number of thioether (sulfide) groups is 1. The quantitative estimate of drug-likeness (QED) is 0.341. The van der Waals surface area contributed by atoms with Crippen LogP contribution in [0.1, 0.15) is 28.8 Å². The molecule has 0 atom stereocenters. The maximum absolute atomic E-state index is 12.6. The third-order valence-electron chi connectivity index (χ3n) is 4.27. The summed E-state index contributed by atoms with van der Waals surface area (Å²) in [6, 6.07) is 13.3. The van der Waals surface area contributed by atoms with Gasteiger partial charge in [-0.25, -0.2) is 4.79 Å². The van der Waals surface area contributed by atoms with E-state index in [9.17, 15) is 19.5 Å². The summed E-state index contributed by atoms with van der Waals surface area (Å²) in [5.41, 5.74) is 0.884. The van der Waals surface area contributed by atoms with Crippen LogP contribution in [0.5, 0.6) is 5.75 Å². The van der Waals surface area contributed by atoms with Crippen molar-refractivity contribution in [1.82, 2.24) is 4.90 Å². The van der Waals surface area contributed by atoms with Crippen LogP contribution in [0.2, 0.25) is 0 Å². The normalized spacial score (nSPS) is 14.9. The Kier molecular flexibility index (Phi) is 6.86. The predicted molar refractivity (Wildman–Crippen MR) is 119 cm³/mol. The summed E-state index contributed by atoms with van der Waals surface area (Å²) in [5, 5.41) is 21.1. The average molecular weight is 443 g/mol. The van der Waals surface area contributed by atoms with E-state index < -0.39 is 5.97 Å². The van der Waals surface area contributed by atoms with Crippen molar-refractivity contribution in [3.8, 4) is 5.75 Å². The highest BCUT2D eigenvalue weighted by Crippen LogP contribution is 2.32. The van der Waals surface area contributed by atoms with Gasteiger partial charge in [0.05, 0.1) is 4.91 Å². The Morgan fingerprint density at radius 2 is 1.90 bits per heavy atom. The van der Waals surface area contributed by atoms with Crippen LogP contribution in [-0.2, 0) is 9.59 Å². The van der Waals surface area contributed by atoms with Crippen molar-refractivity contribution < 1.29 is 24.6 Å². The average Bonchev–Trinajstić information content (AvgIpc) is 2.97. The van der Waals surface area contributed by atoms with Gasteiger partial charge in [0.1, 0.15) is 15.6 Å². The number of carbonyl (C=O) groups is 3. The molecule has 0 radical (unpaired) electrons. The summed E-state index contributed by atoms with van der Waals surface area (Å²) < 4.78 is 0.451. The van der Waals surface area contributed by atoms with Gasteiger partial charge in [-0.1, -0.05) is 54.3 Å². The zero-order valence-corrected chi connectivity index (χ0v) is 17.3. The Hall–Kier alpha value is -3.17. The molecule has 2 amide bonds. The lowest BCUT2D eigenvalue weighted by Crippen LogP contribution is -2.29. The van der Waals surface area contributed by atoms with E-state index >= 15 is 0 Å². The van der Waals surface area contributed by atoms with Gasteiger partial charge in [-0.15, -0.1) is 0 Å². The molecule has 0 unspecified atom stereocenters. The van der Waals surface area contributed by atoms with Crippen LogP contribution < -0.4 is 5.32 Å². The largest absolute Gasteiger partial charge is 0.507 e. The third kappa shape index (κ3) is 5.25. The number of rotatable bonds is 7. The first kappa shape index (κ1) is 21.5. The molecule has 0 spiro atoms. The Balaban J connectivity index is 1.54. The molecule has 1 fully saturated rings. The highest BCUT2D eigenvalue weighted by Gasteiger charge is 2.31. The molecule has 3 rings (SSSR count). The second-order valence-electron chi connectivity index (χ2n) is 6.43. The molecule has 3 N–H and O–H groups in total. The second kappa shape index (κ2) is 9.55. The standard InChI is InChI=1S/C21H18N2O5S2/c24-16-9-8-14(12-15(16)20(27)28)22-18(25)7-4-10-23-19(26)17(30-21(23)29)11-13-5-2-1-3-6-13/h1-3,5-6,8-9,11-12,24H,4,7,10H2,(H,22,25)(H,27,28)/b17-11+. The minimum atomic E-state index is -1.29. The lowest BCUT2D eigenvalue weighted by molar-refractivity contribution is -0.122. The number of carboxylic acids is 1. The van der Waals surface area contributed by atoms with Crippen molar-refractivity contribution in [3.05, 3.63) is 64.6 Å². The summed E-state index contributed by atoms with van der Waals surface area (Å²) in [5.74, 6) is -2.18. The molecule has 2 aromatic carbocycles. The van der Waals surface area contributed by atoms with Gasteiger partial charge in [-0.3, -0.25) is 14.5 Å². The number of phenols is 1. The van der Waals surface area contributed by atoms with Crippen LogP contribution in [0.15, 0.2) is 53.4 Å². The summed E-state index contributed by atoms with van der Waals surface area (Å²) in [4.78, 5) is 37.8. The number of aromatic carboxylic acids is 1. The number of aromatic hydroxyl groups is 1. The van der Waals surface area contributed by atoms with E-state index in [2.05, 4.69) is 5.32 Å². The number of hydrogen-bond acceptors (Lipinski definition) is 6. The van der Waals surface area contributed by atoms with Crippen molar-refractivity contribution >= 4 is 57.8 Å².